The number of nitrogens with zero attached hydrogens (tertiary/aromatic N) is 3. The molecule has 0 saturated carbocycles. The van der Waals surface area contributed by atoms with Gasteiger partial charge in [-0.1, -0.05) is 23.9 Å². The van der Waals surface area contributed by atoms with E-state index in [0.717, 1.165) is 44.1 Å². The minimum Gasteiger partial charge on any atom is -0.326 e. The van der Waals surface area contributed by atoms with E-state index in [9.17, 15) is 4.79 Å². The molecule has 140 valence electrons. The van der Waals surface area contributed by atoms with Crippen LogP contribution in [0.15, 0.2) is 34.8 Å². The van der Waals surface area contributed by atoms with Crippen LogP contribution in [0.2, 0.25) is 0 Å². The number of aromatic nitrogens is 3. The zero-order valence-electron chi connectivity index (χ0n) is 15.9. The van der Waals surface area contributed by atoms with Crippen LogP contribution in [0.5, 0.6) is 0 Å². The van der Waals surface area contributed by atoms with Crippen LogP contribution in [0.3, 0.4) is 0 Å². The first-order chi connectivity index (χ1) is 13.0. The number of carbonyl (C=O) groups excluding carboxylic acids is 1. The van der Waals surface area contributed by atoms with Crippen molar-refractivity contribution < 1.29 is 4.79 Å². The van der Waals surface area contributed by atoms with Crippen molar-refractivity contribution in [2.75, 3.05) is 11.6 Å². The Kier molecular flexibility index (Phi) is 6.23. The molecule has 2 heterocycles. The largest absolute Gasteiger partial charge is 0.326 e. The number of carbonyl (C=O) groups is 1. The van der Waals surface area contributed by atoms with Crippen molar-refractivity contribution in [3.05, 3.63) is 51.6 Å². The van der Waals surface area contributed by atoms with Gasteiger partial charge < -0.3 is 5.32 Å². The Labute approximate surface area is 167 Å². The Hall–Kier alpha value is -2.25. The average Bonchev–Trinajstić information content (AvgIpc) is 3.07. The van der Waals surface area contributed by atoms with Gasteiger partial charge in [0, 0.05) is 34.4 Å². The van der Waals surface area contributed by atoms with Crippen molar-refractivity contribution in [3.63, 3.8) is 0 Å². The fourth-order valence-corrected chi connectivity index (χ4v) is 3.92. The van der Waals surface area contributed by atoms with E-state index in [0.29, 0.717) is 12.8 Å². The first-order valence-electron chi connectivity index (χ1n) is 8.67. The third-order valence-corrected chi connectivity index (χ3v) is 5.59. The van der Waals surface area contributed by atoms with Gasteiger partial charge in [0.25, 0.3) is 0 Å². The molecule has 0 aliphatic carbocycles. The molecular weight excluding hydrogens is 376 g/mol. The number of hydrogen-bond acceptors (Lipinski definition) is 6. The van der Waals surface area contributed by atoms with Crippen LogP contribution >= 0.6 is 23.1 Å². The molecule has 0 unspecified atom stereocenters. The maximum atomic E-state index is 12.3. The van der Waals surface area contributed by atoms with Crippen molar-refractivity contribution in [2.45, 2.75) is 38.8 Å². The molecule has 0 radical (unpaired) electrons. The Morgan fingerprint density at radius 2 is 1.74 bits per heavy atom. The van der Waals surface area contributed by atoms with Gasteiger partial charge in [-0.3, -0.25) is 4.79 Å². The van der Waals surface area contributed by atoms with Gasteiger partial charge in [0.2, 0.25) is 5.91 Å². The molecule has 0 atom stereocenters. The lowest BCUT2D eigenvalue weighted by Crippen LogP contribution is -2.13. The number of rotatable bonds is 6. The summed E-state index contributed by atoms with van der Waals surface area (Å²) in [6.07, 6.45) is 2.99. The first kappa shape index (κ1) is 19.5. The normalized spacial score (nSPS) is 10.8. The fourth-order valence-electron chi connectivity index (χ4n) is 2.84. The summed E-state index contributed by atoms with van der Waals surface area (Å²) in [4.78, 5) is 25.7. The van der Waals surface area contributed by atoms with Crippen LogP contribution in [-0.2, 0) is 11.2 Å². The van der Waals surface area contributed by atoms with E-state index in [1.165, 1.54) is 11.8 Å². The first-order valence-corrected chi connectivity index (χ1v) is 10.8. The van der Waals surface area contributed by atoms with Crippen LogP contribution in [0.25, 0.3) is 11.3 Å². The zero-order chi connectivity index (χ0) is 19.4. The molecular formula is C20H22N4OS2. The van der Waals surface area contributed by atoms with Crippen molar-refractivity contribution in [2.24, 2.45) is 0 Å². The SMILES string of the molecule is CSc1nc(C)c(CCC(=O)Nc2ccc(-c3csc(C)n3)cc2)c(C)n1. The predicted octanol–water partition coefficient (Wildman–Crippen LogP) is 4.82. The molecule has 1 aromatic carbocycles. The maximum Gasteiger partial charge on any atom is 0.224 e. The smallest absolute Gasteiger partial charge is 0.224 e. The molecule has 0 fully saturated rings. The molecule has 0 aliphatic rings. The van der Waals surface area contributed by atoms with Crippen molar-refractivity contribution in [1.82, 2.24) is 15.0 Å². The highest BCUT2D eigenvalue weighted by atomic mass is 32.2. The highest BCUT2D eigenvalue weighted by molar-refractivity contribution is 7.98. The third kappa shape index (κ3) is 4.93. The predicted molar refractivity (Wildman–Crippen MR) is 113 cm³/mol. The molecule has 2 aromatic heterocycles. The number of thioether (sulfide) groups is 1. The van der Waals surface area contributed by atoms with Crippen LogP contribution in [0.4, 0.5) is 5.69 Å². The summed E-state index contributed by atoms with van der Waals surface area (Å²) >= 11 is 3.16. The highest BCUT2D eigenvalue weighted by Gasteiger charge is 2.11. The Balaban J connectivity index is 1.60. The second-order valence-electron chi connectivity index (χ2n) is 6.24. The van der Waals surface area contributed by atoms with Gasteiger partial charge in [-0.25, -0.2) is 15.0 Å². The van der Waals surface area contributed by atoms with Crippen LogP contribution in [-0.4, -0.2) is 27.1 Å². The summed E-state index contributed by atoms with van der Waals surface area (Å²) < 4.78 is 0. The summed E-state index contributed by atoms with van der Waals surface area (Å²) in [7, 11) is 0. The zero-order valence-corrected chi connectivity index (χ0v) is 17.5. The Morgan fingerprint density at radius 1 is 1.07 bits per heavy atom. The number of nitrogens with one attached hydrogen (secondary N) is 1. The topological polar surface area (TPSA) is 67.8 Å². The lowest BCUT2D eigenvalue weighted by atomic mass is 10.1. The molecule has 0 saturated heterocycles. The fraction of sp³-hybridized carbons (Fsp3) is 0.300. The van der Waals surface area contributed by atoms with E-state index in [1.807, 2.05) is 56.7 Å². The molecule has 1 N–H and O–H groups in total. The van der Waals surface area contributed by atoms with Crippen LogP contribution in [0.1, 0.15) is 28.4 Å². The minimum atomic E-state index is -0.0139. The lowest BCUT2D eigenvalue weighted by Gasteiger charge is -2.10. The standard InChI is InChI=1S/C20H22N4OS2/c1-12-17(13(2)22-20(21-12)26-4)9-10-19(25)24-16-7-5-15(6-8-16)18-11-27-14(3)23-18/h5-8,11H,9-10H2,1-4H3,(H,24,25). The van der Waals surface area contributed by atoms with E-state index < -0.39 is 0 Å². The number of anilines is 1. The van der Waals surface area contributed by atoms with Gasteiger partial charge in [-0.2, -0.15) is 0 Å². The third-order valence-electron chi connectivity index (χ3n) is 4.27. The van der Waals surface area contributed by atoms with Crippen molar-refractivity contribution >= 4 is 34.7 Å². The molecule has 0 spiro atoms. The molecule has 5 nitrogen and oxygen atoms in total. The summed E-state index contributed by atoms with van der Waals surface area (Å²) in [6.45, 7) is 5.94. The van der Waals surface area contributed by atoms with Gasteiger partial charge in [-0.15, -0.1) is 11.3 Å². The number of benzene rings is 1. The average molecular weight is 399 g/mol. The molecule has 3 rings (SSSR count). The Morgan fingerprint density at radius 3 is 2.30 bits per heavy atom. The monoisotopic (exact) mass is 398 g/mol. The van der Waals surface area contributed by atoms with E-state index in [2.05, 4.69) is 20.3 Å². The van der Waals surface area contributed by atoms with E-state index in [1.54, 1.807) is 11.3 Å². The molecule has 27 heavy (non-hydrogen) atoms. The van der Waals surface area contributed by atoms with Crippen LogP contribution < -0.4 is 5.32 Å². The number of amides is 1. The van der Waals surface area contributed by atoms with Crippen LogP contribution in [0, 0.1) is 20.8 Å². The summed E-state index contributed by atoms with van der Waals surface area (Å²) in [5.41, 5.74) is 5.75. The van der Waals surface area contributed by atoms with E-state index in [4.69, 9.17) is 0 Å². The van der Waals surface area contributed by atoms with Gasteiger partial charge in [0.05, 0.1) is 10.7 Å². The van der Waals surface area contributed by atoms with Crippen molar-refractivity contribution in [1.29, 1.82) is 0 Å². The molecule has 3 aromatic rings. The van der Waals surface area contributed by atoms with Gasteiger partial charge >= 0.3 is 0 Å². The minimum absolute atomic E-state index is 0.0139. The van der Waals surface area contributed by atoms with E-state index >= 15 is 0 Å². The van der Waals surface area contributed by atoms with Crippen molar-refractivity contribution in [3.8, 4) is 11.3 Å². The second-order valence-corrected chi connectivity index (χ2v) is 8.07. The number of aryl methyl sites for hydroxylation is 3. The maximum absolute atomic E-state index is 12.3. The van der Waals surface area contributed by atoms with Gasteiger partial charge in [-0.05, 0) is 51.1 Å². The number of thiazole rings is 1. The molecule has 0 bridgehead atoms. The molecule has 7 heteroatoms. The van der Waals surface area contributed by atoms with E-state index in [-0.39, 0.29) is 5.91 Å². The second kappa shape index (κ2) is 8.63. The summed E-state index contributed by atoms with van der Waals surface area (Å²) in [5.74, 6) is -0.0139. The quantitative estimate of drug-likeness (QED) is 0.476. The van der Waals surface area contributed by atoms with Gasteiger partial charge in [0.1, 0.15) is 0 Å². The summed E-state index contributed by atoms with van der Waals surface area (Å²) in [6, 6.07) is 7.78. The molecule has 0 aliphatic heterocycles. The number of hydrogen-bond donors (Lipinski definition) is 1. The lowest BCUT2D eigenvalue weighted by molar-refractivity contribution is -0.116. The summed E-state index contributed by atoms with van der Waals surface area (Å²) in [5, 5.41) is 6.81. The van der Waals surface area contributed by atoms with Gasteiger partial charge in [0.15, 0.2) is 5.16 Å². The Bertz CT molecular complexity index is 928. The molecule has 1 amide bonds. The highest BCUT2D eigenvalue weighted by Crippen LogP contribution is 2.23.